The van der Waals surface area contributed by atoms with E-state index in [2.05, 4.69) is 5.32 Å². The molecule has 1 saturated heterocycles. The Morgan fingerprint density at radius 3 is 2.86 bits per heavy atom. The highest BCUT2D eigenvalue weighted by atomic mass is 35.5. The van der Waals surface area contributed by atoms with Crippen LogP contribution in [0.5, 0.6) is 5.75 Å². The molecule has 2 atom stereocenters. The average molecular weight is 309 g/mol. The molecule has 2 N–H and O–H groups in total. The maximum absolute atomic E-state index is 12.7. The van der Waals surface area contributed by atoms with E-state index >= 15 is 0 Å². The molecule has 21 heavy (non-hydrogen) atoms. The van der Waals surface area contributed by atoms with Crippen LogP contribution < -0.4 is 5.32 Å². The molecule has 0 aromatic heterocycles. The van der Waals surface area contributed by atoms with Crippen molar-refractivity contribution in [3.8, 4) is 5.75 Å². The fraction of sp³-hybridized carbons (Fsp3) is 0.467. The maximum Gasteiger partial charge on any atom is 0.258 e. The largest absolute Gasteiger partial charge is 0.507 e. The van der Waals surface area contributed by atoms with Crippen LogP contribution in [0.1, 0.15) is 36.0 Å². The van der Waals surface area contributed by atoms with Gasteiger partial charge in [0.2, 0.25) is 5.91 Å². The quantitative estimate of drug-likeness (QED) is 0.833. The molecule has 2 fully saturated rings. The molecule has 1 aliphatic carbocycles. The van der Waals surface area contributed by atoms with Crippen molar-refractivity contribution in [1.29, 1.82) is 0 Å². The Morgan fingerprint density at radius 2 is 2.10 bits per heavy atom. The van der Waals surface area contributed by atoms with Gasteiger partial charge >= 0.3 is 0 Å². The van der Waals surface area contributed by atoms with Crippen LogP contribution in [0, 0.1) is 0 Å². The summed E-state index contributed by atoms with van der Waals surface area (Å²) in [4.78, 5) is 26.1. The van der Waals surface area contributed by atoms with E-state index in [4.69, 9.17) is 11.6 Å². The number of piperazine rings is 1. The Bertz CT molecular complexity index is 590. The van der Waals surface area contributed by atoms with E-state index < -0.39 is 0 Å². The summed E-state index contributed by atoms with van der Waals surface area (Å²) in [6.45, 7) is 0.0437. The zero-order valence-electron chi connectivity index (χ0n) is 11.5. The molecule has 3 rings (SSSR count). The molecule has 2 aliphatic rings. The highest BCUT2D eigenvalue weighted by Gasteiger charge is 2.39. The van der Waals surface area contributed by atoms with Gasteiger partial charge in [0.15, 0.2) is 0 Å². The molecule has 0 bridgehead atoms. The van der Waals surface area contributed by atoms with Gasteiger partial charge in [-0.05, 0) is 31.0 Å². The Kier molecular flexibility index (Phi) is 3.76. The standard InChI is InChI=1S/C15H17ClN2O3/c16-9-5-6-10(13(19)7-9)15(21)18-8-14(20)17-11-3-1-2-4-12(11)18/h5-7,11-12,19H,1-4,8H2,(H,17,20)/t11-,12+/m1/s1. The third-order valence-electron chi connectivity index (χ3n) is 4.24. The van der Waals surface area contributed by atoms with Gasteiger partial charge in [0, 0.05) is 11.1 Å². The first-order valence-corrected chi connectivity index (χ1v) is 7.53. The second kappa shape index (κ2) is 5.56. The van der Waals surface area contributed by atoms with Crippen LogP contribution in [0.4, 0.5) is 0 Å². The van der Waals surface area contributed by atoms with Gasteiger partial charge in [-0.1, -0.05) is 24.4 Å². The van der Waals surface area contributed by atoms with Gasteiger partial charge in [-0.2, -0.15) is 0 Å². The summed E-state index contributed by atoms with van der Waals surface area (Å²) in [5, 5.41) is 13.3. The van der Waals surface area contributed by atoms with Crippen molar-refractivity contribution in [2.45, 2.75) is 37.8 Å². The van der Waals surface area contributed by atoms with E-state index in [0.29, 0.717) is 5.02 Å². The maximum atomic E-state index is 12.7. The van der Waals surface area contributed by atoms with Crippen LogP contribution in [-0.2, 0) is 4.79 Å². The van der Waals surface area contributed by atoms with E-state index in [1.807, 2.05) is 0 Å². The molecule has 0 radical (unpaired) electrons. The lowest BCUT2D eigenvalue weighted by Gasteiger charge is -2.44. The second-order valence-corrected chi connectivity index (χ2v) is 6.06. The van der Waals surface area contributed by atoms with Crippen molar-refractivity contribution in [2.75, 3.05) is 6.54 Å². The predicted molar refractivity (Wildman–Crippen MR) is 78.3 cm³/mol. The molecule has 1 saturated carbocycles. The molecule has 5 nitrogen and oxygen atoms in total. The van der Waals surface area contributed by atoms with Gasteiger partial charge in [-0.15, -0.1) is 0 Å². The fourth-order valence-corrected chi connectivity index (χ4v) is 3.41. The molecular formula is C15H17ClN2O3. The molecule has 2 amide bonds. The highest BCUT2D eigenvalue weighted by Crippen LogP contribution is 2.29. The van der Waals surface area contributed by atoms with Gasteiger partial charge in [0.1, 0.15) is 12.3 Å². The van der Waals surface area contributed by atoms with Gasteiger partial charge in [0.05, 0.1) is 11.6 Å². The number of nitrogens with zero attached hydrogens (tertiary/aromatic N) is 1. The minimum atomic E-state index is -0.309. The van der Waals surface area contributed by atoms with Crippen LogP contribution in [0.2, 0.25) is 5.02 Å². The highest BCUT2D eigenvalue weighted by molar-refractivity contribution is 6.30. The monoisotopic (exact) mass is 308 g/mol. The number of hydrogen-bond acceptors (Lipinski definition) is 3. The summed E-state index contributed by atoms with van der Waals surface area (Å²) < 4.78 is 0. The summed E-state index contributed by atoms with van der Waals surface area (Å²) in [5.41, 5.74) is 0.193. The molecule has 112 valence electrons. The van der Waals surface area contributed by atoms with Gasteiger partial charge in [-0.25, -0.2) is 0 Å². The first-order chi connectivity index (χ1) is 10.1. The third kappa shape index (κ3) is 2.70. The van der Waals surface area contributed by atoms with Gasteiger partial charge in [-0.3, -0.25) is 9.59 Å². The van der Waals surface area contributed by atoms with Crippen molar-refractivity contribution in [1.82, 2.24) is 10.2 Å². The summed E-state index contributed by atoms with van der Waals surface area (Å²) in [6.07, 6.45) is 3.89. The van der Waals surface area contributed by atoms with E-state index in [0.717, 1.165) is 25.7 Å². The lowest BCUT2D eigenvalue weighted by atomic mass is 9.87. The molecule has 1 heterocycles. The minimum absolute atomic E-state index is 0.0130. The summed E-state index contributed by atoms with van der Waals surface area (Å²) in [6, 6.07) is 4.45. The van der Waals surface area contributed by atoms with Crippen molar-refractivity contribution < 1.29 is 14.7 Å². The van der Waals surface area contributed by atoms with Gasteiger partial charge < -0.3 is 15.3 Å². The SMILES string of the molecule is O=C1CN(C(=O)c2ccc(Cl)cc2O)[C@H]2CCCC[C@H]2N1. The van der Waals surface area contributed by atoms with Crippen LogP contribution in [0.25, 0.3) is 0 Å². The number of amides is 2. The number of carbonyl (C=O) groups excluding carboxylic acids is 2. The van der Waals surface area contributed by atoms with Crippen molar-refractivity contribution >= 4 is 23.4 Å². The number of phenolic OH excluding ortho intramolecular Hbond substituents is 1. The van der Waals surface area contributed by atoms with Crippen molar-refractivity contribution in [2.24, 2.45) is 0 Å². The fourth-order valence-electron chi connectivity index (χ4n) is 3.24. The Hall–Kier alpha value is -1.75. The average Bonchev–Trinajstić information content (AvgIpc) is 2.45. The normalized spacial score (nSPS) is 25.2. The molecule has 0 unspecified atom stereocenters. The smallest absolute Gasteiger partial charge is 0.258 e. The minimum Gasteiger partial charge on any atom is -0.507 e. The third-order valence-corrected chi connectivity index (χ3v) is 4.48. The van der Waals surface area contributed by atoms with Crippen molar-refractivity contribution in [3.05, 3.63) is 28.8 Å². The first-order valence-electron chi connectivity index (χ1n) is 7.15. The number of hydrogen-bond donors (Lipinski definition) is 2. The van der Waals surface area contributed by atoms with E-state index in [1.54, 1.807) is 11.0 Å². The molecule has 6 heteroatoms. The van der Waals surface area contributed by atoms with Crippen LogP contribution >= 0.6 is 11.6 Å². The van der Waals surface area contributed by atoms with Gasteiger partial charge in [0.25, 0.3) is 5.91 Å². The first kappa shape index (κ1) is 14.2. The van der Waals surface area contributed by atoms with Crippen molar-refractivity contribution in [3.63, 3.8) is 0 Å². The topological polar surface area (TPSA) is 69.6 Å². The lowest BCUT2D eigenvalue weighted by Crippen LogP contribution is -2.62. The molecule has 0 spiro atoms. The molecular weight excluding hydrogens is 292 g/mol. The number of phenols is 1. The molecule has 1 aliphatic heterocycles. The number of aromatic hydroxyl groups is 1. The van der Waals surface area contributed by atoms with E-state index in [-0.39, 0.29) is 41.8 Å². The Labute approximate surface area is 127 Å². The number of nitrogens with one attached hydrogen (secondary N) is 1. The number of benzene rings is 1. The summed E-state index contributed by atoms with van der Waals surface area (Å²) in [5.74, 6) is -0.596. The number of halogens is 1. The molecule has 1 aromatic carbocycles. The summed E-state index contributed by atoms with van der Waals surface area (Å²) in [7, 11) is 0. The lowest BCUT2D eigenvalue weighted by molar-refractivity contribution is -0.127. The Balaban J connectivity index is 1.89. The zero-order chi connectivity index (χ0) is 15.0. The number of rotatable bonds is 1. The molecule has 1 aromatic rings. The number of carbonyl (C=O) groups is 2. The summed E-state index contributed by atoms with van der Waals surface area (Å²) >= 11 is 5.79. The van der Waals surface area contributed by atoms with Crippen LogP contribution in [0.3, 0.4) is 0 Å². The number of fused-ring (bicyclic) bond motifs is 1. The second-order valence-electron chi connectivity index (χ2n) is 5.62. The Morgan fingerprint density at radius 1 is 1.33 bits per heavy atom. The van der Waals surface area contributed by atoms with Crippen LogP contribution in [-0.4, -0.2) is 40.4 Å². The van der Waals surface area contributed by atoms with E-state index in [9.17, 15) is 14.7 Å². The van der Waals surface area contributed by atoms with E-state index in [1.165, 1.54) is 12.1 Å². The van der Waals surface area contributed by atoms with Crippen LogP contribution in [0.15, 0.2) is 18.2 Å². The predicted octanol–water partition coefficient (Wildman–Crippen LogP) is 1.93. The zero-order valence-corrected chi connectivity index (χ0v) is 12.3.